The molecular formula is C9H14O. The van der Waals surface area contributed by atoms with Crippen LogP contribution in [0.3, 0.4) is 0 Å². The minimum atomic E-state index is -0.490. The van der Waals surface area contributed by atoms with Gasteiger partial charge >= 0.3 is 0 Å². The molecule has 0 spiro atoms. The number of aliphatic hydroxyl groups is 1. The molecule has 0 saturated carbocycles. The van der Waals surface area contributed by atoms with Crippen LogP contribution in [0, 0.1) is 5.92 Å². The van der Waals surface area contributed by atoms with E-state index >= 15 is 0 Å². The van der Waals surface area contributed by atoms with Crippen LogP contribution in [0.4, 0.5) is 0 Å². The van der Waals surface area contributed by atoms with Gasteiger partial charge in [-0.15, -0.1) is 19.7 Å². The van der Waals surface area contributed by atoms with Gasteiger partial charge in [0.25, 0.3) is 0 Å². The van der Waals surface area contributed by atoms with Crippen molar-refractivity contribution in [2.24, 2.45) is 5.92 Å². The lowest BCUT2D eigenvalue weighted by Gasteiger charge is -2.12. The van der Waals surface area contributed by atoms with Crippen LogP contribution in [0.1, 0.15) is 6.42 Å². The molecule has 56 valence electrons. The van der Waals surface area contributed by atoms with Crippen LogP contribution in [0.15, 0.2) is 38.0 Å². The Bertz CT molecular complexity index is 127. The summed E-state index contributed by atoms with van der Waals surface area (Å²) in [5.41, 5.74) is 0. The van der Waals surface area contributed by atoms with Crippen molar-refractivity contribution >= 4 is 0 Å². The molecule has 0 aromatic carbocycles. The highest BCUT2D eigenvalue weighted by Crippen LogP contribution is 2.10. The summed E-state index contributed by atoms with van der Waals surface area (Å²) in [5.74, 6) is 0.0648. The average Bonchev–Trinajstić information content (AvgIpc) is 1.99. The first-order valence-electron chi connectivity index (χ1n) is 3.30. The zero-order valence-corrected chi connectivity index (χ0v) is 6.16. The van der Waals surface area contributed by atoms with Crippen LogP contribution < -0.4 is 0 Å². The third-order valence-electron chi connectivity index (χ3n) is 1.42. The SMILES string of the molecule is C=CCC(C=C)C(O)C=C. The molecule has 0 amide bonds. The molecule has 1 nitrogen and oxygen atoms in total. The molecule has 0 aromatic heterocycles. The summed E-state index contributed by atoms with van der Waals surface area (Å²) in [5, 5.41) is 9.21. The standard InChI is InChI=1S/C9H14O/c1-4-7-8(5-2)9(10)6-3/h4-6,8-10H,1-3,7H2. The van der Waals surface area contributed by atoms with Crippen LogP contribution >= 0.6 is 0 Å². The van der Waals surface area contributed by atoms with Gasteiger partial charge < -0.3 is 5.11 Å². The van der Waals surface area contributed by atoms with Gasteiger partial charge in [0, 0.05) is 5.92 Å². The predicted octanol–water partition coefficient (Wildman–Crippen LogP) is 1.91. The Kier molecular flexibility index (Phi) is 4.59. The van der Waals surface area contributed by atoms with Crippen molar-refractivity contribution in [2.45, 2.75) is 12.5 Å². The van der Waals surface area contributed by atoms with E-state index in [4.69, 9.17) is 0 Å². The van der Waals surface area contributed by atoms with Gasteiger partial charge in [0.05, 0.1) is 6.10 Å². The molecule has 0 aliphatic heterocycles. The highest BCUT2D eigenvalue weighted by Gasteiger charge is 2.09. The van der Waals surface area contributed by atoms with Gasteiger partial charge in [-0.2, -0.15) is 0 Å². The van der Waals surface area contributed by atoms with E-state index in [0.29, 0.717) is 0 Å². The molecule has 2 unspecified atom stereocenters. The van der Waals surface area contributed by atoms with Crippen LogP contribution in [0.5, 0.6) is 0 Å². The second-order valence-corrected chi connectivity index (χ2v) is 2.15. The molecule has 1 N–H and O–H groups in total. The summed E-state index contributed by atoms with van der Waals surface area (Å²) in [6, 6.07) is 0. The van der Waals surface area contributed by atoms with Gasteiger partial charge in [-0.05, 0) is 6.42 Å². The first kappa shape index (κ1) is 9.18. The maximum atomic E-state index is 9.21. The zero-order valence-electron chi connectivity index (χ0n) is 6.16. The Balaban J connectivity index is 3.90. The van der Waals surface area contributed by atoms with E-state index in [1.165, 1.54) is 6.08 Å². The number of rotatable bonds is 5. The van der Waals surface area contributed by atoms with Gasteiger partial charge in [0.15, 0.2) is 0 Å². The molecule has 2 atom stereocenters. The molecular weight excluding hydrogens is 124 g/mol. The third kappa shape index (κ3) is 2.65. The molecule has 1 heteroatoms. The van der Waals surface area contributed by atoms with Gasteiger partial charge in [-0.25, -0.2) is 0 Å². The fraction of sp³-hybridized carbons (Fsp3) is 0.333. The van der Waals surface area contributed by atoms with Crippen LogP contribution in [0.25, 0.3) is 0 Å². The molecule has 0 radical (unpaired) electrons. The summed E-state index contributed by atoms with van der Waals surface area (Å²) >= 11 is 0. The quantitative estimate of drug-likeness (QED) is 0.575. The van der Waals surface area contributed by atoms with E-state index in [0.717, 1.165) is 6.42 Å². The summed E-state index contributed by atoms with van der Waals surface area (Å²) in [6.45, 7) is 10.6. The molecule has 0 bridgehead atoms. The lowest BCUT2D eigenvalue weighted by atomic mass is 9.99. The summed E-state index contributed by atoms with van der Waals surface area (Å²) in [4.78, 5) is 0. The van der Waals surface area contributed by atoms with Crippen molar-refractivity contribution in [3.05, 3.63) is 38.0 Å². The summed E-state index contributed by atoms with van der Waals surface area (Å²) in [7, 11) is 0. The van der Waals surface area contributed by atoms with Crippen molar-refractivity contribution < 1.29 is 5.11 Å². The Morgan fingerprint density at radius 3 is 2.10 bits per heavy atom. The minimum absolute atomic E-state index is 0.0648. The fourth-order valence-corrected chi connectivity index (χ4v) is 0.742. The molecule has 0 aliphatic rings. The van der Waals surface area contributed by atoms with Crippen LogP contribution in [-0.4, -0.2) is 11.2 Å². The molecule has 0 saturated heterocycles. The largest absolute Gasteiger partial charge is 0.388 e. The monoisotopic (exact) mass is 138 g/mol. The van der Waals surface area contributed by atoms with E-state index in [1.54, 1.807) is 12.2 Å². The number of allylic oxidation sites excluding steroid dienone is 1. The normalized spacial score (nSPS) is 15.3. The highest BCUT2D eigenvalue weighted by atomic mass is 16.3. The van der Waals surface area contributed by atoms with E-state index in [9.17, 15) is 5.11 Å². The second kappa shape index (κ2) is 5.00. The van der Waals surface area contributed by atoms with Gasteiger partial charge in [0.1, 0.15) is 0 Å². The van der Waals surface area contributed by atoms with Crippen molar-refractivity contribution in [3.63, 3.8) is 0 Å². The zero-order chi connectivity index (χ0) is 7.98. The van der Waals surface area contributed by atoms with Crippen molar-refractivity contribution in [3.8, 4) is 0 Å². The topological polar surface area (TPSA) is 20.2 Å². The van der Waals surface area contributed by atoms with E-state index in [2.05, 4.69) is 19.7 Å². The van der Waals surface area contributed by atoms with E-state index in [1.807, 2.05) is 0 Å². The van der Waals surface area contributed by atoms with Crippen molar-refractivity contribution in [1.82, 2.24) is 0 Å². The first-order chi connectivity index (χ1) is 4.76. The smallest absolute Gasteiger partial charge is 0.0783 e. The maximum Gasteiger partial charge on any atom is 0.0783 e. The fourth-order valence-electron chi connectivity index (χ4n) is 0.742. The molecule has 0 heterocycles. The number of hydrogen-bond donors (Lipinski definition) is 1. The molecule has 0 aliphatic carbocycles. The van der Waals surface area contributed by atoms with Crippen molar-refractivity contribution in [1.29, 1.82) is 0 Å². The van der Waals surface area contributed by atoms with Gasteiger partial charge in [-0.1, -0.05) is 18.2 Å². The summed E-state index contributed by atoms with van der Waals surface area (Å²) in [6.07, 6.45) is 5.25. The second-order valence-electron chi connectivity index (χ2n) is 2.15. The third-order valence-corrected chi connectivity index (χ3v) is 1.42. The van der Waals surface area contributed by atoms with E-state index in [-0.39, 0.29) is 5.92 Å². The highest BCUT2D eigenvalue weighted by molar-refractivity contribution is 4.96. The lowest BCUT2D eigenvalue weighted by Crippen LogP contribution is -2.14. The molecule has 0 fully saturated rings. The van der Waals surface area contributed by atoms with E-state index < -0.39 is 6.10 Å². The number of hydrogen-bond acceptors (Lipinski definition) is 1. The first-order valence-corrected chi connectivity index (χ1v) is 3.30. The number of aliphatic hydroxyl groups excluding tert-OH is 1. The predicted molar refractivity (Wildman–Crippen MR) is 44.7 cm³/mol. The Labute approximate surface area is 62.4 Å². The Morgan fingerprint density at radius 2 is 1.80 bits per heavy atom. The Hall–Kier alpha value is -0.820. The lowest BCUT2D eigenvalue weighted by molar-refractivity contribution is 0.178. The summed E-state index contributed by atoms with van der Waals surface area (Å²) < 4.78 is 0. The van der Waals surface area contributed by atoms with Crippen LogP contribution in [0.2, 0.25) is 0 Å². The Morgan fingerprint density at radius 1 is 1.20 bits per heavy atom. The average molecular weight is 138 g/mol. The van der Waals surface area contributed by atoms with Crippen molar-refractivity contribution in [2.75, 3.05) is 0 Å². The maximum absolute atomic E-state index is 9.21. The molecule has 10 heavy (non-hydrogen) atoms. The van der Waals surface area contributed by atoms with Gasteiger partial charge in [-0.3, -0.25) is 0 Å². The van der Waals surface area contributed by atoms with Crippen LogP contribution in [-0.2, 0) is 0 Å². The molecule has 0 aromatic rings. The minimum Gasteiger partial charge on any atom is -0.388 e. The van der Waals surface area contributed by atoms with Gasteiger partial charge in [0.2, 0.25) is 0 Å². The molecule has 0 rings (SSSR count).